The molecule has 14 heavy (non-hydrogen) atoms. The minimum atomic E-state index is 0.517. The molecule has 0 saturated carbocycles. The summed E-state index contributed by atoms with van der Waals surface area (Å²) in [5, 5.41) is 0. The van der Waals surface area contributed by atoms with E-state index in [1.165, 1.54) is 5.56 Å². The standard InChI is InChI=1S/C11H18N2O/c1-8(2)9-4-5-10(7-13-12)11(6-9)14-3/h4-6,8,13H,7,12H2,1-3H3. The van der Waals surface area contributed by atoms with Gasteiger partial charge >= 0.3 is 0 Å². The number of hydrazine groups is 1. The monoisotopic (exact) mass is 194 g/mol. The summed E-state index contributed by atoms with van der Waals surface area (Å²) >= 11 is 0. The van der Waals surface area contributed by atoms with E-state index in [-0.39, 0.29) is 0 Å². The van der Waals surface area contributed by atoms with Gasteiger partial charge in [0.05, 0.1) is 7.11 Å². The number of ether oxygens (including phenoxy) is 1. The number of nitrogens with one attached hydrogen (secondary N) is 1. The second-order valence-corrected chi connectivity index (χ2v) is 3.61. The molecule has 0 fully saturated rings. The van der Waals surface area contributed by atoms with Gasteiger partial charge in [-0.3, -0.25) is 11.3 Å². The van der Waals surface area contributed by atoms with E-state index in [9.17, 15) is 0 Å². The van der Waals surface area contributed by atoms with Crippen LogP contribution in [-0.2, 0) is 6.54 Å². The molecule has 0 aliphatic rings. The summed E-state index contributed by atoms with van der Waals surface area (Å²) in [5.41, 5.74) is 4.99. The van der Waals surface area contributed by atoms with Gasteiger partial charge in [0.2, 0.25) is 0 Å². The molecule has 0 bridgehead atoms. The van der Waals surface area contributed by atoms with Gasteiger partial charge in [-0.2, -0.15) is 0 Å². The highest BCUT2D eigenvalue weighted by Crippen LogP contribution is 2.24. The van der Waals surface area contributed by atoms with E-state index >= 15 is 0 Å². The Hall–Kier alpha value is -1.06. The van der Waals surface area contributed by atoms with Crippen molar-refractivity contribution in [3.63, 3.8) is 0 Å². The number of rotatable bonds is 4. The highest BCUT2D eigenvalue weighted by molar-refractivity contribution is 5.38. The van der Waals surface area contributed by atoms with Gasteiger partial charge in [-0.15, -0.1) is 0 Å². The number of nitrogens with two attached hydrogens (primary N) is 1. The van der Waals surface area contributed by atoms with Gasteiger partial charge < -0.3 is 4.74 Å². The molecule has 0 atom stereocenters. The van der Waals surface area contributed by atoms with Gasteiger partial charge in [0.1, 0.15) is 5.75 Å². The van der Waals surface area contributed by atoms with Gasteiger partial charge in [-0.05, 0) is 17.5 Å². The highest BCUT2D eigenvalue weighted by Gasteiger charge is 2.05. The van der Waals surface area contributed by atoms with Gasteiger partial charge in [-0.25, -0.2) is 0 Å². The second kappa shape index (κ2) is 4.98. The van der Waals surface area contributed by atoms with Crippen LogP contribution in [0.25, 0.3) is 0 Å². The Morgan fingerprint density at radius 2 is 2.14 bits per heavy atom. The first kappa shape index (κ1) is 11.0. The van der Waals surface area contributed by atoms with Gasteiger partial charge in [0.15, 0.2) is 0 Å². The second-order valence-electron chi connectivity index (χ2n) is 3.61. The number of benzene rings is 1. The molecule has 1 aromatic rings. The van der Waals surface area contributed by atoms with Gasteiger partial charge in [0.25, 0.3) is 0 Å². The third-order valence-corrected chi connectivity index (χ3v) is 2.27. The number of methoxy groups -OCH3 is 1. The van der Waals surface area contributed by atoms with Crippen LogP contribution in [0.3, 0.4) is 0 Å². The lowest BCUT2D eigenvalue weighted by Gasteiger charge is -2.12. The Balaban J connectivity index is 2.98. The Morgan fingerprint density at radius 3 is 2.64 bits per heavy atom. The van der Waals surface area contributed by atoms with Gasteiger partial charge in [-0.1, -0.05) is 26.0 Å². The Labute approximate surface area is 85.2 Å². The van der Waals surface area contributed by atoms with Crippen LogP contribution in [0.5, 0.6) is 5.75 Å². The largest absolute Gasteiger partial charge is 0.496 e. The summed E-state index contributed by atoms with van der Waals surface area (Å²) in [7, 11) is 1.68. The zero-order chi connectivity index (χ0) is 10.6. The van der Waals surface area contributed by atoms with Crippen molar-refractivity contribution in [3.05, 3.63) is 29.3 Å². The number of hydrogen-bond donors (Lipinski definition) is 2. The summed E-state index contributed by atoms with van der Waals surface area (Å²) in [4.78, 5) is 0. The zero-order valence-electron chi connectivity index (χ0n) is 9.00. The molecule has 0 aromatic heterocycles. The third kappa shape index (κ3) is 2.47. The van der Waals surface area contributed by atoms with Crippen LogP contribution in [0.2, 0.25) is 0 Å². The van der Waals surface area contributed by atoms with Crippen molar-refractivity contribution in [2.45, 2.75) is 26.3 Å². The lowest BCUT2D eigenvalue weighted by Crippen LogP contribution is -2.21. The highest BCUT2D eigenvalue weighted by atomic mass is 16.5. The maximum absolute atomic E-state index is 5.29. The SMILES string of the molecule is COc1cc(C(C)C)ccc1CNN. The van der Waals surface area contributed by atoms with E-state index in [1.54, 1.807) is 7.11 Å². The summed E-state index contributed by atoms with van der Waals surface area (Å²) in [6.45, 7) is 4.95. The van der Waals surface area contributed by atoms with Crippen LogP contribution < -0.4 is 16.0 Å². The predicted molar refractivity (Wildman–Crippen MR) is 58.1 cm³/mol. The fourth-order valence-corrected chi connectivity index (χ4v) is 1.38. The average molecular weight is 194 g/mol. The van der Waals surface area contributed by atoms with Crippen molar-refractivity contribution < 1.29 is 4.74 Å². The molecule has 0 unspecified atom stereocenters. The summed E-state index contributed by atoms with van der Waals surface area (Å²) < 4.78 is 5.29. The molecule has 0 aliphatic carbocycles. The van der Waals surface area contributed by atoms with Gasteiger partial charge in [0, 0.05) is 12.1 Å². The maximum Gasteiger partial charge on any atom is 0.123 e. The van der Waals surface area contributed by atoms with E-state index < -0.39 is 0 Å². The molecule has 0 saturated heterocycles. The van der Waals surface area contributed by atoms with E-state index in [0.29, 0.717) is 12.5 Å². The normalized spacial score (nSPS) is 10.6. The Bertz CT molecular complexity index is 297. The lowest BCUT2D eigenvalue weighted by molar-refractivity contribution is 0.407. The molecule has 1 aromatic carbocycles. The molecule has 3 N–H and O–H groups in total. The summed E-state index contributed by atoms with van der Waals surface area (Å²) in [5.74, 6) is 6.69. The van der Waals surface area contributed by atoms with Crippen molar-refractivity contribution in [1.82, 2.24) is 5.43 Å². The fourth-order valence-electron chi connectivity index (χ4n) is 1.38. The van der Waals surface area contributed by atoms with Crippen LogP contribution in [0.1, 0.15) is 30.9 Å². The van der Waals surface area contributed by atoms with Crippen molar-refractivity contribution in [3.8, 4) is 5.75 Å². The summed E-state index contributed by atoms with van der Waals surface area (Å²) in [6.07, 6.45) is 0. The Kier molecular flexibility index (Phi) is 3.92. The van der Waals surface area contributed by atoms with Crippen LogP contribution in [0.4, 0.5) is 0 Å². The van der Waals surface area contributed by atoms with E-state index in [0.717, 1.165) is 11.3 Å². The van der Waals surface area contributed by atoms with Crippen molar-refractivity contribution in [1.29, 1.82) is 0 Å². The van der Waals surface area contributed by atoms with Crippen molar-refractivity contribution >= 4 is 0 Å². The van der Waals surface area contributed by atoms with Crippen LogP contribution in [-0.4, -0.2) is 7.11 Å². The molecule has 3 nitrogen and oxygen atoms in total. The molecule has 3 heteroatoms. The smallest absolute Gasteiger partial charge is 0.123 e. The van der Waals surface area contributed by atoms with Crippen molar-refractivity contribution in [2.75, 3.05) is 7.11 Å². The topological polar surface area (TPSA) is 47.3 Å². The summed E-state index contributed by atoms with van der Waals surface area (Å²) in [6, 6.07) is 6.23. The van der Waals surface area contributed by atoms with Crippen LogP contribution in [0, 0.1) is 0 Å². The molecule has 0 heterocycles. The molecular formula is C11H18N2O. The lowest BCUT2D eigenvalue weighted by atomic mass is 10.0. The predicted octanol–water partition coefficient (Wildman–Crippen LogP) is 1.78. The van der Waals surface area contributed by atoms with E-state index in [2.05, 4.69) is 31.4 Å². The minimum absolute atomic E-state index is 0.517. The quantitative estimate of drug-likeness (QED) is 0.567. The molecule has 0 aliphatic heterocycles. The number of hydrogen-bond acceptors (Lipinski definition) is 3. The molecule has 0 amide bonds. The molecule has 78 valence electrons. The zero-order valence-corrected chi connectivity index (χ0v) is 9.00. The minimum Gasteiger partial charge on any atom is -0.496 e. The molecule has 0 radical (unpaired) electrons. The maximum atomic E-state index is 5.29. The first-order valence-electron chi connectivity index (χ1n) is 4.79. The Morgan fingerprint density at radius 1 is 1.43 bits per heavy atom. The average Bonchev–Trinajstić information content (AvgIpc) is 2.18. The van der Waals surface area contributed by atoms with E-state index in [4.69, 9.17) is 10.6 Å². The first-order chi connectivity index (χ1) is 6.69. The van der Waals surface area contributed by atoms with Crippen molar-refractivity contribution in [2.24, 2.45) is 5.84 Å². The first-order valence-corrected chi connectivity index (χ1v) is 4.79. The van der Waals surface area contributed by atoms with Crippen LogP contribution in [0.15, 0.2) is 18.2 Å². The molecule has 0 spiro atoms. The molecular weight excluding hydrogens is 176 g/mol. The van der Waals surface area contributed by atoms with Crippen LogP contribution >= 0.6 is 0 Å². The third-order valence-electron chi connectivity index (χ3n) is 2.27. The molecule has 1 rings (SSSR count). The van der Waals surface area contributed by atoms with E-state index in [1.807, 2.05) is 6.07 Å². The fraction of sp³-hybridized carbons (Fsp3) is 0.455.